The molecule has 2 aliphatic rings. The molecule has 242 valence electrons. The van der Waals surface area contributed by atoms with Gasteiger partial charge in [0.25, 0.3) is 0 Å². The summed E-state index contributed by atoms with van der Waals surface area (Å²) in [4.78, 5) is 5.43. The second-order valence-electron chi connectivity index (χ2n) is 13.2. The van der Waals surface area contributed by atoms with Crippen LogP contribution in [0.4, 0.5) is 0 Å². The maximum atomic E-state index is 6.57. The third-order valence-electron chi connectivity index (χ3n) is 10.3. The molecule has 1 spiro atoms. The van der Waals surface area contributed by atoms with Crippen LogP contribution in [0.5, 0.6) is 11.5 Å². The molecule has 2 nitrogen and oxygen atoms in total. The van der Waals surface area contributed by atoms with Crippen LogP contribution in [0.3, 0.4) is 0 Å². The highest BCUT2D eigenvalue weighted by atomic mass is 16.5. The molecule has 1 aliphatic carbocycles. The quantitative estimate of drug-likeness (QED) is 0.129. The number of nitrogens with zero attached hydrogens (tertiary/aromatic N) is 1. The minimum absolute atomic E-state index is 0.558. The molecule has 0 atom stereocenters. The number of hydrogen-bond acceptors (Lipinski definition) is 2. The minimum atomic E-state index is -0.558. The van der Waals surface area contributed by atoms with Crippen molar-refractivity contribution in [2.24, 2.45) is 4.99 Å². The zero-order chi connectivity index (χ0) is 34.4. The van der Waals surface area contributed by atoms with E-state index in [1.165, 1.54) is 27.8 Å². The summed E-state index contributed by atoms with van der Waals surface area (Å²) >= 11 is 0. The summed E-state index contributed by atoms with van der Waals surface area (Å²) in [5.74, 6) is 1.76. The average molecular weight is 654 g/mol. The van der Waals surface area contributed by atoms with E-state index in [1.54, 1.807) is 0 Å². The van der Waals surface area contributed by atoms with Crippen molar-refractivity contribution < 1.29 is 4.74 Å². The van der Waals surface area contributed by atoms with Crippen molar-refractivity contribution in [1.29, 1.82) is 0 Å². The SMILES string of the molecule is C=C(/C=C(\N=C(C)c1ccccc1)c1cccc2c1-c1ccccc1C21c2ccccc2Oc2ccccc21)c1cccc(-c2ccccc2)c1. The molecule has 51 heavy (non-hydrogen) atoms. The van der Waals surface area contributed by atoms with Gasteiger partial charge in [0.05, 0.1) is 11.1 Å². The molecular formula is C49H35NO. The summed E-state index contributed by atoms with van der Waals surface area (Å²) in [5.41, 5.74) is 14.8. The van der Waals surface area contributed by atoms with Gasteiger partial charge in [0.15, 0.2) is 0 Å². The van der Waals surface area contributed by atoms with Crippen molar-refractivity contribution >= 4 is 17.0 Å². The van der Waals surface area contributed by atoms with Crippen molar-refractivity contribution in [3.8, 4) is 33.8 Å². The van der Waals surface area contributed by atoms with E-state index in [-0.39, 0.29) is 0 Å². The molecule has 1 aliphatic heterocycles. The van der Waals surface area contributed by atoms with E-state index in [2.05, 4.69) is 183 Å². The van der Waals surface area contributed by atoms with Crippen LogP contribution in [-0.2, 0) is 5.41 Å². The number of para-hydroxylation sites is 2. The molecule has 0 fully saturated rings. The lowest BCUT2D eigenvalue weighted by Gasteiger charge is -2.39. The first kappa shape index (κ1) is 30.5. The van der Waals surface area contributed by atoms with Crippen LogP contribution in [0.25, 0.3) is 33.5 Å². The lowest BCUT2D eigenvalue weighted by Crippen LogP contribution is -2.32. The summed E-state index contributed by atoms with van der Waals surface area (Å²) in [6, 6.07) is 62.0. The van der Waals surface area contributed by atoms with Crippen molar-refractivity contribution in [2.45, 2.75) is 12.3 Å². The summed E-state index contributed by atoms with van der Waals surface area (Å²) in [5, 5.41) is 0. The highest BCUT2D eigenvalue weighted by molar-refractivity contribution is 6.04. The third kappa shape index (κ3) is 4.99. The standard InChI is InChI=1S/C49H35NO/c1-33(37-21-15-22-38(32-37)36-19-7-4-8-20-36)31-45(50-34(2)35-17-5-3-6-18-35)40-24-16-28-44-48(40)39-23-9-10-25-41(39)49(44)42-26-11-13-29-46(42)51-47-30-14-12-27-43(47)49/h3-32H,1H2,2H3/b45-31-,50-34?. The number of aliphatic imine (C=N–C) groups is 1. The number of allylic oxidation sites excluding steroid dienone is 2. The van der Waals surface area contributed by atoms with E-state index in [9.17, 15) is 0 Å². The molecular weight excluding hydrogens is 619 g/mol. The predicted molar refractivity (Wildman–Crippen MR) is 211 cm³/mol. The lowest BCUT2D eigenvalue weighted by molar-refractivity contribution is 0.436. The molecule has 0 unspecified atom stereocenters. The topological polar surface area (TPSA) is 21.6 Å². The fourth-order valence-electron chi connectivity index (χ4n) is 7.99. The van der Waals surface area contributed by atoms with Crippen LogP contribution in [0, 0.1) is 0 Å². The molecule has 1 heterocycles. The van der Waals surface area contributed by atoms with Crippen molar-refractivity contribution in [2.75, 3.05) is 0 Å². The zero-order valence-corrected chi connectivity index (χ0v) is 28.4. The summed E-state index contributed by atoms with van der Waals surface area (Å²) in [7, 11) is 0. The number of fused-ring (bicyclic) bond motifs is 9. The van der Waals surface area contributed by atoms with Crippen molar-refractivity contribution in [3.63, 3.8) is 0 Å². The number of hydrogen-bond donors (Lipinski definition) is 0. The maximum Gasteiger partial charge on any atom is 0.132 e. The average Bonchev–Trinajstić information content (AvgIpc) is 3.49. The predicted octanol–water partition coefficient (Wildman–Crippen LogP) is 12.4. The Morgan fingerprint density at radius 3 is 1.82 bits per heavy atom. The zero-order valence-electron chi connectivity index (χ0n) is 28.4. The second kappa shape index (κ2) is 12.4. The van der Waals surface area contributed by atoms with Gasteiger partial charge in [0.2, 0.25) is 0 Å². The number of rotatable bonds is 6. The first-order valence-electron chi connectivity index (χ1n) is 17.4. The van der Waals surface area contributed by atoms with Gasteiger partial charge in [-0.3, -0.25) is 4.99 Å². The third-order valence-corrected chi connectivity index (χ3v) is 10.3. The van der Waals surface area contributed by atoms with Crippen molar-refractivity contribution in [3.05, 3.63) is 228 Å². The monoisotopic (exact) mass is 653 g/mol. The molecule has 7 aromatic carbocycles. The van der Waals surface area contributed by atoms with Crippen LogP contribution < -0.4 is 4.74 Å². The molecule has 0 aromatic heterocycles. The van der Waals surface area contributed by atoms with E-state index in [4.69, 9.17) is 9.73 Å². The molecule has 0 N–H and O–H groups in total. The van der Waals surface area contributed by atoms with Gasteiger partial charge in [-0.2, -0.15) is 0 Å². The van der Waals surface area contributed by atoms with Gasteiger partial charge in [0.1, 0.15) is 11.5 Å². The lowest BCUT2D eigenvalue weighted by atomic mass is 9.66. The summed E-state index contributed by atoms with van der Waals surface area (Å²) in [6.07, 6.45) is 2.16. The van der Waals surface area contributed by atoms with Gasteiger partial charge < -0.3 is 4.74 Å². The Labute approximate surface area is 299 Å². The Hall–Kier alpha value is -6.51. The van der Waals surface area contributed by atoms with E-state index >= 15 is 0 Å². The summed E-state index contributed by atoms with van der Waals surface area (Å²) < 4.78 is 6.57. The summed E-state index contributed by atoms with van der Waals surface area (Å²) in [6.45, 7) is 6.71. The normalized spacial score (nSPS) is 13.8. The first-order chi connectivity index (χ1) is 25.1. The van der Waals surface area contributed by atoms with Gasteiger partial charge in [-0.15, -0.1) is 0 Å². The van der Waals surface area contributed by atoms with Crippen molar-refractivity contribution in [1.82, 2.24) is 0 Å². The van der Waals surface area contributed by atoms with Crippen LogP contribution in [0.2, 0.25) is 0 Å². The van der Waals surface area contributed by atoms with E-state index in [1.807, 2.05) is 12.1 Å². The Morgan fingerprint density at radius 2 is 1.10 bits per heavy atom. The maximum absolute atomic E-state index is 6.57. The molecule has 0 saturated heterocycles. The molecule has 0 bridgehead atoms. The minimum Gasteiger partial charge on any atom is -0.457 e. The Balaban J connectivity index is 1.29. The van der Waals surface area contributed by atoms with Crippen LogP contribution in [0.1, 0.15) is 45.9 Å². The number of benzene rings is 7. The molecule has 7 aromatic rings. The molecule has 0 amide bonds. The fourth-order valence-corrected chi connectivity index (χ4v) is 7.99. The van der Waals surface area contributed by atoms with Crippen LogP contribution in [-0.4, -0.2) is 5.71 Å². The Bertz CT molecular complexity index is 2480. The smallest absolute Gasteiger partial charge is 0.132 e. The highest BCUT2D eigenvalue weighted by Crippen LogP contribution is 2.62. The molecule has 0 saturated carbocycles. The molecule has 9 rings (SSSR count). The largest absolute Gasteiger partial charge is 0.457 e. The molecule has 0 radical (unpaired) electrons. The fraction of sp³-hybridized carbons (Fsp3) is 0.0408. The molecule has 2 heteroatoms. The Kier molecular flexibility index (Phi) is 7.44. The van der Waals surface area contributed by atoms with Crippen LogP contribution >= 0.6 is 0 Å². The first-order valence-corrected chi connectivity index (χ1v) is 17.4. The van der Waals surface area contributed by atoms with Gasteiger partial charge in [0, 0.05) is 22.4 Å². The number of ether oxygens (including phenoxy) is 1. The highest BCUT2D eigenvalue weighted by Gasteiger charge is 2.51. The van der Waals surface area contributed by atoms with E-state index in [0.717, 1.165) is 61.9 Å². The van der Waals surface area contributed by atoms with E-state index in [0.29, 0.717) is 0 Å². The van der Waals surface area contributed by atoms with Gasteiger partial charge in [-0.05, 0) is 81.3 Å². The Morgan fingerprint density at radius 1 is 0.549 bits per heavy atom. The van der Waals surface area contributed by atoms with Gasteiger partial charge in [-0.25, -0.2) is 0 Å². The van der Waals surface area contributed by atoms with Crippen LogP contribution in [0.15, 0.2) is 194 Å². The van der Waals surface area contributed by atoms with Gasteiger partial charge in [-0.1, -0.05) is 164 Å². The second-order valence-corrected chi connectivity index (χ2v) is 13.2. The van der Waals surface area contributed by atoms with E-state index < -0.39 is 5.41 Å². The van der Waals surface area contributed by atoms with Gasteiger partial charge >= 0.3 is 0 Å².